The van der Waals surface area contributed by atoms with Gasteiger partial charge in [0.05, 0.1) is 6.10 Å². The van der Waals surface area contributed by atoms with Crippen LogP contribution in [-0.4, -0.2) is 19.5 Å². The zero-order valence-electron chi connectivity index (χ0n) is 6.99. The lowest BCUT2D eigenvalue weighted by molar-refractivity contribution is -0.116. The first kappa shape index (κ1) is 8.47. The maximum atomic E-state index is 10.6. The van der Waals surface area contributed by atoms with Gasteiger partial charge in [0.25, 0.3) is 0 Å². The van der Waals surface area contributed by atoms with Crippen LogP contribution in [0.15, 0.2) is 12.2 Å². The molecule has 1 aliphatic rings. The number of rotatable bonds is 2. The highest BCUT2D eigenvalue weighted by molar-refractivity contribution is 5.56. The third-order valence-corrected chi connectivity index (χ3v) is 2.30. The zero-order chi connectivity index (χ0) is 8.27. The molecule has 0 spiro atoms. The van der Waals surface area contributed by atoms with E-state index in [0.29, 0.717) is 5.92 Å². The standard InChI is InChI=1S/C9H14O2/c1-7-4-3-5-9(11-2)8(7)6-10/h3,5-9H,4H2,1-2H3. The molecule has 0 bridgehead atoms. The van der Waals surface area contributed by atoms with Gasteiger partial charge in [-0.2, -0.15) is 0 Å². The van der Waals surface area contributed by atoms with Crippen molar-refractivity contribution in [3.05, 3.63) is 12.2 Å². The van der Waals surface area contributed by atoms with E-state index in [9.17, 15) is 4.79 Å². The number of hydrogen-bond acceptors (Lipinski definition) is 2. The SMILES string of the molecule is COC1C=CCC(C)C1C=O. The van der Waals surface area contributed by atoms with E-state index in [1.165, 1.54) is 0 Å². The minimum atomic E-state index is -0.00347. The summed E-state index contributed by atoms with van der Waals surface area (Å²) >= 11 is 0. The molecule has 3 unspecified atom stereocenters. The summed E-state index contributed by atoms with van der Waals surface area (Å²) in [4.78, 5) is 10.6. The van der Waals surface area contributed by atoms with Crippen molar-refractivity contribution in [3.63, 3.8) is 0 Å². The molecule has 0 N–H and O–H groups in total. The number of aldehydes is 1. The number of allylic oxidation sites excluding steroid dienone is 1. The van der Waals surface area contributed by atoms with E-state index >= 15 is 0 Å². The average molecular weight is 154 g/mol. The topological polar surface area (TPSA) is 26.3 Å². The molecule has 2 heteroatoms. The molecule has 0 aromatic heterocycles. The van der Waals surface area contributed by atoms with Gasteiger partial charge in [0.15, 0.2) is 0 Å². The second kappa shape index (κ2) is 3.67. The molecule has 0 aliphatic heterocycles. The Kier molecular flexibility index (Phi) is 2.83. The second-order valence-electron chi connectivity index (χ2n) is 3.05. The quantitative estimate of drug-likeness (QED) is 0.444. The Bertz CT molecular complexity index is 163. The smallest absolute Gasteiger partial charge is 0.126 e. The van der Waals surface area contributed by atoms with Crippen molar-refractivity contribution < 1.29 is 9.53 Å². The Morgan fingerprint density at radius 1 is 1.64 bits per heavy atom. The van der Waals surface area contributed by atoms with Crippen LogP contribution < -0.4 is 0 Å². The van der Waals surface area contributed by atoms with E-state index in [1.807, 2.05) is 6.08 Å². The molecular formula is C9H14O2. The Hall–Kier alpha value is -0.630. The van der Waals surface area contributed by atoms with Crippen molar-refractivity contribution in [2.75, 3.05) is 7.11 Å². The summed E-state index contributed by atoms with van der Waals surface area (Å²) < 4.78 is 5.15. The summed E-state index contributed by atoms with van der Waals surface area (Å²) in [6.07, 6.45) is 6.04. The monoisotopic (exact) mass is 154 g/mol. The van der Waals surface area contributed by atoms with Gasteiger partial charge in [-0.25, -0.2) is 0 Å². The molecule has 62 valence electrons. The Morgan fingerprint density at radius 2 is 2.36 bits per heavy atom. The van der Waals surface area contributed by atoms with Crippen molar-refractivity contribution in [2.24, 2.45) is 11.8 Å². The largest absolute Gasteiger partial charge is 0.377 e. The van der Waals surface area contributed by atoms with Gasteiger partial charge in [0.2, 0.25) is 0 Å². The summed E-state index contributed by atoms with van der Waals surface area (Å²) in [6.45, 7) is 2.08. The van der Waals surface area contributed by atoms with E-state index in [-0.39, 0.29) is 12.0 Å². The molecule has 0 amide bonds. The van der Waals surface area contributed by atoms with Crippen LogP contribution in [0.3, 0.4) is 0 Å². The van der Waals surface area contributed by atoms with E-state index < -0.39 is 0 Å². The lowest BCUT2D eigenvalue weighted by Gasteiger charge is -2.27. The van der Waals surface area contributed by atoms with Gasteiger partial charge in [-0.3, -0.25) is 0 Å². The minimum Gasteiger partial charge on any atom is -0.377 e. The number of carbonyl (C=O) groups excluding carboxylic acids is 1. The first-order valence-electron chi connectivity index (χ1n) is 3.94. The van der Waals surface area contributed by atoms with Crippen LogP contribution in [0.5, 0.6) is 0 Å². The fourth-order valence-corrected chi connectivity index (χ4v) is 1.48. The van der Waals surface area contributed by atoms with Gasteiger partial charge in [-0.05, 0) is 12.3 Å². The van der Waals surface area contributed by atoms with Crippen molar-refractivity contribution >= 4 is 6.29 Å². The van der Waals surface area contributed by atoms with E-state index in [1.54, 1.807) is 7.11 Å². The van der Waals surface area contributed by atoms with Gasteiger partial charge >= 0.3 is 0 Å². The first-order chi connectivity index (χ1) is 5.29. The summed E-state index contributed by atoms with van der Waals surface area (Å²) in [6, 6.07) is 0. The van der Waals surface area contributed by atoms with E-state index in [0.717, 1.165) is 12.7 Å². The number of ether oxygens (including phenoxy) is 1. The molecule has 3 atom stereocenters. The highest BCUT2D eigenvalue weighted by Gasteiger charge is 2.26. The maximum absolute atomic E-state index is 10.6. The molecule has 0 radical (unpaired) electrons. The molecule has 0 aromatic rings. The van der Waals surface area contributed by atoms with Crippen LogP contribution in [0.4, 0.5) is 0 Å². The van der Waals surface area contributed by atoms with Gasteiger partial charge in [0, 0.05) is 13.0 Å². The van der Waals surface area contributed by atoms with Crippen LogP contribution >= 0.6 is 0 Å². The summed E-state index contributed by atoms with van der Waals surface area (Å²) in [5.74, 6) is 0.465. The molecular weight excluding hydrogens is 140 g/mol. The van der Waals surface area contributed by atoms with Crippen LogP contribution in [0.2, 0.25) is 0 Å². The molecule has 0 heterocycles. The summed E-state index contributed by atoms with van der Waals surface area (Å²) in [5.41, 5.74) is 0. The fourth-order valence-electron chi connectivity index (χ4n) is 1.48. The second-order valence-corrected chi connectivity index (χ2v) is 3.05. The van der Waals surface area contributed by atoms with Gasteiger partial charge in [-0.15, -0.1) is 0 Å². The average Bonchev–Trinajstić information content (AvgIpc) is 2.04. The third kappa shape index (κ3) is 1.69. The number of carbonyl (C=O) groups is 1. The van der Waals surface area contributed by atoms with E-state index in [2.05, 4.69) is 13.0 Å². The van der Waals surface area contributed by atoms with E-state index in [4.69, 9.17) is 4.74 Å². The van der Waals surface area contributed by atoms with Crippen LogP contribution in [0.25, 0.3) is 0 Å². The molecule has 0 fully saturated rings. The van der Waals surface area contributed by atoms with Crippen molar-refractivity contribution in [2.45, 2.75) is 19.4 Å². The van der Waals surface area contributed by atoms with Gasteiger partial charge < -0.3 is 9.53 Å². The molecule has 0 saturated heterocycles. The molecule has 1 rings (SSSR count). The Balaban J connectivity index is 2.68. The first-order valence-corrected chi connectivity index (χ1v) is 3.94. The lowest BCUT2D eigenvalue weighted by atomic mass is 9.83. The predicted octanol–water partition coefficient (Wildman–Crippen LogP) is 1.41. The van der Waals surface area contributed by atoms with Crippen LogP contribution in [0, 0.1) is 11.8 Å². The number of methoxy groups -OCH3 is 1. The summed E-state index contributed by atoms with van der Waals surface area (Å²) in [7, 11) is 1.64. The Morgan fingerprint density at radius 3 is 2.82 bits per heavy atom. The van der Waals surface area contributed by atoms with Crippen molar-refractivity contribution in [3.8, 4) is 0 Å². The lowest BCUT2D eigenvalue weighted by Crippen LogP contribution is -2.30. The highest BCUT2D eigenvalue weighted by atomic mass is 16.5. The van der Waals surface area contributed by atoms with Crippen molar-refractivity contribution in [1.82, 2.24) is 0 Å². The zero-order valence-corrected chi connectivity index (χ0v) is 6.99. The highest BCUT2D eigenvalue weighted by Crippen LogP contribution is 2.25. The molecule has 2 nitrogen and oxygen atoms in total. The minimum absolute atomic E-state index is 0.00347. The van der Waals surface area contributed by atoms with Crippen LogP contribution in [-0.2, 0) is 9.53 Å². The molecule has 0 saturated carbocycles. The van der Waals surface area contributed by atoms with Crippen molar-refractivity contribution in [1.29, 1.82) is 0 Å². The van der Waals surface area contributed by atoms with Gasteiger partial charge in [0.1, 0.15) is 6.29 Å². The molecule has 11 heavy (non-hydrogen) atoms. The fraction of sp³-hybridized carbons (Fsp3) is 0.667. The summed E-state index contributed by atoms with van der Waals surface area (Å²) in [5, 5.41) is 0. The van der Waals surface area contributed by atoms with Crippen LogP contribution in [0.1, 0.15) is 13.3 Å². The Labute approximate surface area is 67.2 Å². The predicted molar refractivity (Wildman–Crippen MR) is 43.3 cm³/mol. The van der Waals surface area contributed by atoms with Gasteiger partial charge in [-0.1, -0.05) is 19.1 Å². The molecule has 0 aromatic carbocycles. The third-order valence-electron chi connectivity index (χ3n) is 2.30. The maximum Gasteiger partial charge on any atom is 0.126 e. The number of hydrogen-bond donors (Lipinski definition) is 0. The molecule has 1 aliphatic carbocycles. The normalized spacial score (nSPS) is 37.1.